The molecule has 0 aliphatic carbocycles. The summed E-state index contributed by atoms with van der Waals surface area (Å²) in [6, 6.07) is 5.25. The minimum atomic E-state index is -0.790. The molecule has 0 saturated heterocycles. The number of rotatable bonds is 7. The van der Waals surface area contributed by atoms with Gasteiger partial charge in [-0.15, -0.1) is 0 Å². The van der Waals surface area contributed by atoms with Crippen molar-refractivity contribution in [3.8, 4) is 0 Å². The van der Waals surface area contributed by atoms with E-state index in [1.165, 1.54) is 0 Å². The van der Waals surface area contributed by atoms with Crippen LogP contribution in [0, 0.1) is 12.3 Å². The lowest BCUT2D eigenvalue weighted by Crippen LogP contribution is -2.29. The van der Waals surface area contributed by atoms with E-state index < -0.39 is 5.97 Å². The molecular weight excluding hydrogens is 290 g/mol. The van der Waals surface area contributed by atoms with Crippen molar-refractivity contribution in [1.29, 1.82) is 0 Å². The third kappa shape index (κ3) is 5.76. The number of carboxylic acids is 1. The van der Waals surface area contributed by atoms with Gasteiger partial charge in [-0.25, -0.2) is 0 Å². The first kappa shape index (κ1) is 17.5. The van der Waals surface area contributed by atoms with Crippen LogP contribution in [0.3, 0.4) is 0 Å². The van der Waals surface area contributed by atoms with E-state index >= 15 is 0 Å². The van der Waals surface area contributed by atoms with Crippen LogP contribution in [0.5, 0.6) is 0 Å². The van der Waals surface area contributed by atoms with Crippen LogP contribution in [0.25, 0.3) is 0 Å². The molecule has 1 aromatic rings. The fourth-order valence-electron chi connectivity index (χ4n) is 2.03. The molecule has 5 heteroatoms. The van der Waals surface area contributed by atoms with E-state index in [-0.39, 0.29) is 17.7 Å². The van der Waals surface area contributed by atoms with Crippen LogP contribution in [-0.4, -0.2) is 23.5 Å². The zero-order chi connectivity index (χ0) is 16.0. The predicted molar refractivity (Wildman–Crippen MR) is 83.8 cm³/mol. The van der Waals surface area contributed by atoms with E-state index in [1.54, 1.807) is 18.2 Å². The number of carbonyl (C=O) groups is 2. The molecule has 0 heterocycles. The van der Waals surface area contributed by atoms with Gasteiger partial charge in [-0.05, 0) is 42.9 Å². The van der Waals surface area contributed by atoms with E-state index in [2.05, 4.69) is 5.32 Å². The average Bonchev–Trinajstić information content (AvgIpc) is 2.39. The molecule has 0 aliphatic heterocycles. The maximum absolute atomic E-state index is 12.1. The molecule has 0 bridgehead atoms. The van der Waals surface area contributed by atoms with Gasteiger partial charge in [0.05, 0.1) is 0 Å². The molecule has 0 radical (unpaired) electrons. The first-order valence-electron chi connectivity index (χ1n) is 6.98. The maximum Gasteiger partial charge on any atom is 0.303 e. The lowest BCUT2D eigenvalue weighted by molar-refractivity contribution is -0.137. The fourth-order valence-corrected chi connectivity index (χ4v) is 2.21. The summed E-state index contributed by atoms with van der Waals surface area (Å²) in [7, 11) is 0. The molecule has 116 valence electrons. The number of halogens is 1. The average molecular weight is 312 g/mol. The molecule has 0 saturated carbocycles. The topological polar surface area (TPSA) is 66.4 Å². The van der Waals surface area contributed by atoms with Gasteiger partial charge >= 0.3 is 5.97 Å². The Hall–Kier alpha value is -1.55. The monoisotopic (exact) mass is 311 g/mol. The standard InChI is InChI=1S/C16H22ClNO3/c1-11-12(5-4-6-13(11)17)15(21)18-10-9-16(2,3)8-7-14(19)20/h4-6H,7-10H2,1-3H3,(H,18,21)(H,19,20). The molecule has 1 rings (SSSR count). The van der Waals surface area contributed by atoms with Gasteiger partial charge in [-0.1, -0.05) is 31.5 Å². The second-order valence-electron chi connectivity index (χ2n) is 5.98. The van der Waals surface area contributed by atoms with Crippen LogP contribution in [-0.2, 0) is 4.79 Å². The van der Waals surface area contributed by atoms with Gasteiger partial charge in [0.2, 0.25) is 0 Å². The van der Waals surface area contributed by atoms with Gasteiger partial charge in [0, 0.05) is 23.6 Å². The zero-order valence-electron chi connectivity index (χ0n) is 12.7. The highest BCUT2D eigenvalue weighted by molar-refractivity contribution is 6.31. The Morgan fingerprint density at radius 2 is 1.95 bits per heavy atom. The van der Waals surface area contributed by atoms with E-state index in [0.717, 1.165) is 12.0 Å². The second-order valence-corrected chi connectivity index (χ2v) is 6.38. The molecule has 0 fully saturated rings. The SMILES string of the molecule is Cc1c(Cl)cccc1C(=O)NCCC(C)(C)CCC(=O)O. The Labute approximate surface area is 130 Å². The van der Waals surface area contributed by atoms with Crippen LogP contribution in [0.15, 0.2) is 18.2 Å². The molecule has 0 atom stereocenters. The first-order valence-corrected chi connectivity index (χ1v) is 7.36. The summed E-state index contributed by atoms with van der Waals surface area (Å²) in [4.78, 5) is 22.7. The summed E-state index contributed by atoms with van der Waals surface area (Å²) in [6.07, 6.45) is 1.47. The normalized spacial score (nSPS) is 11.2. The molecule has 1 aromatic carbocycles. The van der Waals surface area contributed by atoms with Crippen molar-refractivity contribution in [3.63, 3.8) is 0 Å². The van der Waals surface area contributed by atoms with Gasteiger partial charge in [0.25, 0.3) is 5.91 Å². The molecule has 0 aliphatic rings. The highest BCUT2D eigenvalue weighted by Crippen LogP contribution is 2.26. The van der Waals surface area contributed by atoms with E-state index in [1.807, 2.05) is 20.8 Å². The lowest BCUT2D eigenvalue weighted by Gasteiger charge is -2.23. The minimum absolute atomic E-state index is 0.116. The quantitative estimate of drug-likeness (QED) is 0.807. The smallest absolute Gasteiger partial charge is 0.303 e. The molecule has 0 aromatic heterocycles. The number of amides is 1. The fraction of sp³-hybridized carbons (Fsp3) is 0.500. The van der Waals surface area contributed by atoms with Crippen LogP contribution >= 0.6 is 11.6 Å². The van der Waals surface area contributed by atoms with Gasteiger partial charge in [-0.2, -0.15) is 0 Å². The Kier molecular flexibility index (Phi) is 6.21. The second kappa shape index (κ2) is 7.46. The summed E-state index contributed by atoms with van der Waals surface area (Å²) in [5.41, 5.74) is 1.22. The number of carbonyl (C=O) groups excluding carboxylic acids is 1. The van der Waals surface area contributed by atoms with Gasteiger partial charge in [-0.3, -0.25) is 9.59 Å². The maximum atomic E-state index is 12.1. The van der Waals surface area contributed by atoms with Crippen LogP contribution < -0.4 is 5.32 Å². The number of hydrogen-bond acceptors (Lipinski definition) is 2. The van der Waals surface area contributed by atoms with Gasteiger partial charge in [0.15, 0.2) is 0 Å². The summed E-state index contributed by atoms with van der Waals surface area (Å²) in [5, 5.41) is 12.2. The van der Waals surface area contributed by atoms with Crippen molar-refractivity contribution >= 4 is 23.5 Å². The molecule has 0 spiro atoms. The Morgan fingerprint density at radius 3 is 2.57 bits per heavy atom. The van der Waals surface area contributed by atoms with Gasteiger partial charge in [0.1, 0.15) is 0 Å². The molecule has 0 unspecified atom stereocenters. The van der Waals surface area contributed by atoms with E-state index in [0.29, 0.717) is 23.6 Å². The summed E-state index contributed by atoms with van der Waals surface area (Å²) in [5.74, 6) is -0.939. The molecule has 1 amide bonds. The number of hydrogen-bond donors (Lipinski definition) is 2. The van der Waals surface area contributed by atoms with Crippen molar-refractivity contribution in [3.05, 3.63) is 34.3 Å². The van der Waals surface area contributed by atoms with Gasteiger partial charge < -0.3 is 10.4 Å². The summed E-state index contributed by atoms with van der Waals surface area (Å²) >= 11 is 6.00. The minimum Gasteiger partial charge on any atom is -0.481 e. The first-order chi connectivity index (χ1) is 9.73. The molecule has 4 nitrogen and oxygen atoms in total. The van der Waals surface area contributed by atoms with Crippen molar-refractivity contribution in [1.82, 2.24) is 5.32 Å². The third-order valence-corrected chi connectivity index (χ3v) is 4.02. The van der Waals surface area contributed by atoms with Crippen molar-refractivity contribution < 1.29 is 14.7 Å². The van der Waals surface area contributed by atoms with Crippen molar-refractivity contribution in [2.75, 3.05) is 6.54 Å². The number of nitrogens with one attached hydrogen (secondary N) is 1. The predicted octanol–water partition coefficient (Wildman–Crippen LogP) is 3.66. The largest absolute Gasteiger partial charge is 0.481 e. The zero-order valence-corrected chi connectivity index (χ0v) is 13.5. The summed E-state index contributed by atoms with van der Waals surface area (Å²) in [6.45, 7) is 6.34. The van der Waals surface area contributed by atoms with Crippen molar-refractivity contribution in [2.45, 2.75) is 40.0 Å². The molecule has 2 N–H and O–H groups in total. The van der Waals surface area contributed by atoms with Crippen LogP contribution in [0.2, 0.25) is 5.02 Å². The summed E-state index contributed by atoms with van der Waals surface area (Å²) < 4.78 is 0. The number of carboxylic acid groups (broad SMARTS) is 1. The molecular formula is C16H22ClNO3. The highest BCUT2D eigenvalue weighted by atomic mass is 35.5. The Bertz CT molecular complexity index is 526. The lowest BCUT2D eigenvalue weighted by atomic mass is 9.84. The highest BCUT2D eigenvalue weighted by Gasteiger charge is 2.19. The van der Waals surface area contributed by atoms with E-state index in [4.69, 9.17) is 16.7 Å². The number of aliphatic carboxylic acids is 1. The third-order valence-electron chi connectivity index (χ3n) is 3.62. The Morgan fingerprint density at radius 1 is 1.29 bits per heavy atom. The number of benzene rings is 1. The van der Waals surface area contributed by atoms with Crippen LogP contribution in [0.4, 0.5) is 0 Å². The van der Waals surface area contributed by atoms with E-state index in [9.17, 15) is 9.59 Å². The van der Waals surface area contributed by atoms with Crippen LogP contribution in [0.1, 0.15) is 49.0 Å². The Balaban J connectivity index is 2.50. The molecule has 21 heavy (non-hydrogen) atoms. The van der Waals surface area contributed by atoms with Crippen molar-refractivity contribution in [2.24, 2.45) is 5.41 Å².